The van der Waals surface area contributed by atoms with Crippen molar-refractivity contribution in [3.8, 4) is 5.82 Å². The second-order valence-electron chi connectivity index (χ2n) is 8.73. The summed E-state index contributed by atoms with van der Waals surface area (Å²) < 4.78 is 50.1. The molecule has 0 radical (unpaired) electrons. The molecule has 8 nitrogen and oxygen atoms in total. The third kappa shape index (κ3) is 7.26. The molecule has 0 aromatic carbocycles. The van der Waals surface area contributed by atoms with Gasteiger partial charge in [-0.3, -0.25) is 4.57 Å². The van der Waals surface area contributed by atoms with Gasteiger partial charge in [-0.2, -0.15) is 13.2 Å². The summed E-state index contributed by atoms with van der Waals surface area (Å²) in [5.41, 5.74) is -2.36. The van der Waals surface area contributed by atoms with Crippen LogP contribution < -0.4 is 0 Å². The third-order valence-electron chi connectivity index (χ3n) is 3.52. The van der Waals surface area contributed by atoms with Crippen LogP contribution in [-0.2, 0) is 22.2 Å². The summed E-state index contributed by atoms with van der Waals surface area (Å²) in [6.45, 7) is 9.68. The average Bonchev–Trinajstić information content (AvgIpc) is 3.07. The molecule has 170 valence electrons. The molecule has 2 aromatic rings. The molecular weight excluding hydrogens is 417 g/mol. The van der Waals surface area contributed by atoms with E-state index < -0.39 is 35.3 Å². The minimum Gasteiger partial charge on any atom is -0.443 e. The van der Waals surface area contributed by atoms with Crippen LogP contribution in [0.5, 0.6) is 0 Å². The van der Waals surface area contributed by atoms with Gasteiger partial charge in [-0.15, -0.1) is 0 Å². The number of rotatable bonds is 3. The van der Waals surface area contributed by atoms with Crippen molar-refractivity contribution in [3.63, 3.8) is 0 Å². The number of imidazole rings is 1. The van der Waals surface area contributed by atoms with Gasteiger partial charge in [-0.25, -0.2) is 24.5 Å². The van der Waals surface area contributed by atoms with Crippen LogP contribution in [0.4, 0.5) is 22.8 Å². The SMILES string of the molecule is CC(C)(C)OC(=O)N(Cc1ccnc(-n2cnc(C(F)(F)F)c2)c1)C(=O)OC(C)(C)C. The fraction of sp³-hybridized carbons (Fsp3) is 0.500. The Kier molecular flexibility index (Phi) is 6.67. The summed E-state index contributed by atoms with van der Waals surface area (Å²) in [7, 11) is 0. The maximum Gasteiger partial charge on any atom is 0.434 e. The number of carbonyl (C=O) groups excluding carboxylic acids is 2. The highest BCUT2D eigenvalue weighted by Crippen LogP contribution is 2.28. The molecule has 0 unspecified atom stereocenters. The first-order chi connectivity index (χ1) is 14.0. The first-order valence-electron chi connectivity index (χ1n) is 9.35. The molecule has 0 N–H and O–H groups in total. The van der Waals surface area contributed by atoms with Crippen LogP contribution in [0.25, 0.3) is 5.82 Å². The van der Waals surface area contributed by atoms with E-state index in [1.807, 2.05) is 0 Å². The number of ether oxygens (including phenoxy) is 2. The molecular formula is C20H25F3N4O4. The Morgan fingerprint density at radius 1 is 1.00 bits per heavy atom. The molecule has 0 aliphatic rings. The number of imide groups is 1. The topological polar surface area (TPSA) is 86.5 Å². The van der Waals surface area contributed by atoms with Gasteiger partial charge in [-0.05, 0) is 59.2 Å². The van der Waals surface area contributed by atoms with E-state index in [4.69, 9.17) is 9.47 Å². The molecule has 0 fully saturated rings. The van der Waals surface area contributed by atoms with Crippen molar-refractivity contribution >= 4 is 12.2 Å². The lowest BCUT2D eigenvalue weighted by molar-refractivity contribution is -0.140. The van der Waals surface area contributed by atoms with Gasteiger partial charge in [0.15, 0.2) is 5.69 Å². The van der Waals surface area contributed by atoms with E-state index in [0.717, 1.165) is 22.0 Å². The Labute approximate surface area is 178 Å². The van der Waals surface area contributed by atoms with E-state index in [2.05, 4.69) is 9.97 Å². The lowest BCUT2D eigenvalue weighted by Crippen LogP contribution is -2.43. The smallest absolute Gasteiger partial charge is 0.434 e. The quantitative estimate of drug-likeness (QED) is 0.668. The van der Waals surface area contributed by atoms with Gasteiger partial charge in [-0.1, -0.05) is 0 Å². The zero-order chi connectivity index (χ0) is 23.6. The van der Waals surface area contributed by atoms with Crippen LogP contribution >= 0.6 is 0 Å². The zero-order valence-electron chi connectivity index (χ0n) is 18.1. The molecule has 2 rings (SSSR count). The van der Waals surface area contributed by atoms with Crippen molar-refractivity contribution in [2.45, 2.75) is 65.5 Å². The van der Waals surface area contributed by atoms with Gasteiger partial charge >= 0.3 is 18.4 Å². The van der Waals surface area contributed by atoms with E-state index in [0.29, 0.717) is 5.56 Å². The molecule has 0 saturated heterocycles. The summed E-state index contributed by atoms with van der Waals surface area (Å²) in [5.74, 6) is 0.133. The molecule has 0 spiro atoms. The molecule has 0 atom stereocenters. The molecule has 11 heteroatoms. The molecule has 2 aromatic heterocycles. The van der Waals surface area contributed by atoms with E-state index in [-0.39, 0.29) is 12.4 Å². The summed E-state index contributed by atoms with van der Waals surface area (Å²) in [6, 6.07) is 2.95. The van der Waals surface area contributed by atoms with Crippen LogP contribution in [0.3, 0.4) is 0 Å². The van der Waals surface area contributed by atoms with Crippen molar-refractivity contribution in [2.75, 3.05) is 0 Å². The minimum atomic E-state index is -4.59. The number of aromatic nitrogens is 3. The maximum absolute atomic E-state index is 12.8. The number of carbonyl (C=O) groups is 2. The molecule has 2 amide bonds. The molecule has 0 bridgehead atoms. The van der Waals surface area contributed by atoms with Gasteiger partial charge in [0.25, 0.3) is 0 Å². The minimum absolute atomic E-state index is 0.133. The van der Waals surface area contributed by atoms with Crippen molar-refractivity contribution in [1.29, 1.82) is 0 Å². The highest BCUT2D eigenvalue weighted by atomic mass is 19.4. The summed E-state index contributed by atoms with van der Waals surface area (Å²) in [6.07, 6.45) is -3.29. The average molecular weight is 442 g/mol. The third-order valence-corrected chi connectivity index (χ3v) is 3.52. The zero-order valence-corrected chi connectivity index (χ0v) is 18.1. The van der Waals surface area contributed by atoms with Crippen molar-refractivity contribution in [3.05, 3.63) is 42.1 Å². The van der Waals surface area contributed by atoms with Crippen LogP contribution in [-0.4, -0.2) is 42.8 Å². The standard InChI is InChI=1S/C20H25F3N4O4/c1-18(2,3)30-16(28)27(17(29)31-19(4,5)6)10-13-7-8-24-15(9-13)26-11-14(25-12-26)20(21,22)23/h7-9,11-12H,10H2,1-6H3. The number of nitrogens with zero attached hydrogens (tertiary/aromatic N) is 4. The molecule has 31 heavy (non-hydrogen) atoms. The summed E-state index contributed by atoms with van der Waals surface area (Å²) in [5, 5.41) is 0. The number of hydrogen-bond donors (Lipinski definition) is 0. The van der Waals surface area contributed by atoms with E-state index in [9.17, 15) is 22.8 Å². The number of alkyl halides is 3. The number of hydrogen-bond acceptors (Lipinski definition) is 6. The van der Waals surface area contributed by atoms with Crippen LogP contribution in [0.1, 0.15) is 52.8 Å². The Balaban J connectivity index is 2.31. The molecule has 0 aliphatic heterocycles. The highest BCUT2D eigenvalue weighted by Gasteiger charge is 2.34. The van der Waals surface area contributed by atoms with Crippen molar-refractivity contribution in [2.24, 2.45) is 0 Å². The summed E-state index contributed by atoms with van der Waals surface area (Å²) >= 11 is 0. The normalized spacial score (nSPS) is 12.4. The Bertz CT molecular complexity index is 915. The first-order valence-corrected chi connectivity index (χ1v) is 9.35. The number of amides is 2. The Morgan fingerprint density at radius 3 is 2.00 bits per heavy atom. The lowest BCUT2D eigenvalue weighted by Gasteiger charge is -2.28. The monoisotopic (exact) mass is 442 g/mol. The Hall–Kier alpha value is -3.11. The fourth-order valence-electron chi connectivity index (χ4n) is 2.31. The summed E-state index contributed by atoms with van der Waals surface area (Å²) in [4.78, 5) is 33.4. The van der Waals surface area contributed by atoms with E-state index >= 15 is 0 Å². The predicted molar refractivity (Wildman–Crippen MR) is 104 cm³/mol. The van der Waals surface area contributed by atoms with Gasteiger partial charge in [0.1, 0.15) is 23.3 Å². The van der Waals surface area contributed by atoms with Crippen LogP contribution in [0.2, 0.25) is 0 Å². The van der Waals surface area contributed by atoms with Crippen molar-refractivity contribution in [1.82, 2.24) is 19.4 Å². The molecule has 0 aliphatic carbocycles. The molecule has 0 saturated carbocycles. The number of pyridine rings is 1. The lowest BCUT2D eigenvalue weighted by atomic mass is 10.2. The highest BCUT2D eigenvalue weighted by molar-refractivity contribution is 5.88. The van der Waals surface area contributed by atoms with E-state index in [1.165, 1.54) is 18.3 Å². The first kappa shape index (κ1) is 24.2. The second kappa shape index (κ2) is 8.56. The van der Waals surface area contributed by atoms with Gasteiger partial charge < -0.3 is 9.47 Å². The number of halogens is 3. The van der Waals surface area contributed by atoms with Crippen LogP contribution in [0.15, 0.2) is 30.9 Å². The largest absolute Gasteiger partial charge is 0.443 e. The predicted octanol–water partition coefficient (Wildman–Crippen LogP) is 4.96. The second-order valence-corrected chi connectivity index (χ2v) is 8.73. The van der Waals surface area contributed by atoms with Gasteiger partial charge in [0, 0.05) is 12.4 Å². The fourth-order valence-corrected chi connectivity index (χ4v) is 2.31. The van der Waals surface area contributed by atoms with Crippen LogP contribution in [0, 0.1) is 0 Å². The van der Waals surface area contributed by atoms with Crippen molar-refractivity contribution < 1.29 is 32.2 Å². The maximum atomic E-state index is 12.8. The molecule has 2 heterocycles. The van der Waals surface area contributed by atoms with Gasteiger partial charge in [0.05, 0.1) is 6.54 Å². The van der Waals surface area contributed by atoms with E-state index in [1.54, 1.807) is 41.5 Å². The van der Waals surface area contributed by atoms with Gasteiger partial charge in [0.2, 0.25) is 0 Å². The Morgan fingerprint density at radius 2 is 1.55 bits per heavy atom.